The molecule has 0 aromatic carbocycles. The molecule has 0 fully saturated rings. The number of allylic oxidation sites excluding steroid dienone is 4. The highest BCUT2D eigenvalue weighted by Gasteiger charge is 2.23. The monoisotopic (exact) mass is 244 g/mol. The van der Waals surface area contributed by atoms with Crippen molar-refractivity contribution in [3.05, 3.63) is 56.9 Å². The van der Waals surface area contributed by atoms with Crippen molar-refractivity contribution in [2.75, 3.05) is 0 Å². The van der Waals surface area contributed by atoms with Crippen molar-refractivity contribution < 1.29 is 4.79 Å². The maximum absolute atomic E-state index is 12.2. The third-order valence-electron chi connectivity index (χ3n) is 2.48. The highest BCUT2D eigenvalue weighted by Crippen LogP contribution is 2.34. The van der Waals surface area contributed by atoms with Crippen LogP contribution >= 0.6 is 22.7 Å². The first-order valence-corrected chi connectivity index (χ1v) is 6.66. The van der Waals surface area contributed by atoms with Crippen molar-refractivity contribution in [3.8, 4) is 0 Å². The van der Waals surface area contributed by atoms with Gasteiger partial charge in [0.1, 0.15) is 0 Å². The minimum Gasteiger partial charge on any atom is -0.289 e. The summed E-state index contributed by atoms with van der Waals surface area (Å²) in [5, 5.41) is 3.99. The molecule has 2 aromatic heterocycles. The van der Waals surface area contributed by atoms with Gasteiger partial charge in [-0.2, -0.15) is 0 Å². The van der Waals surface area contributed by atoms with Crippen molar-refractivity contribution in [2.24, 2.45) is 0 Å². The summed E-state index contributed by atoms with van der Waals surface area (Å²) in [4.78, 5) is 14.3. The number of carbonyl (C=O) groups is 1. The van der Waals surface area contributed by atoms with Crippen LogP contribution in [0.5, 0.6) is 0 Å². The quantitative estimate of drug-likeness (QED) is 0.784. The molecule has 0 bridgehead atoms. The Morgan fingerprint density at radius 3 is 1.69 bits per heavy atom. The molecule has 0 amide bonds. The Morgan fingerprint density at radius 2 is 1.31 bits per heavy atom. The Morgan fingerprint density at radius 1 is 0.812 bits per heavy atom. The topological polar surface area (TPSA) is 17.1 Å². The van der Waals surface area contributed by atoms with Crippen molar-refractivity contribution in [1.82, 2.24) is 0 Å². The molecule has 0 spiro atoms. The molecule has 1 aliphatic rings. The number of hydrogen-bond donors (Lipinski definition) is 0. The third-order valence-corrected chi connectivity index (χ3v) is 4.29. The maximum Gasteiger partial charge on any atom is 0.195 e. The van der Waals surface area contributed by atoms with E-state index in [2.05, 4.69) is 0 Å². The SMILES string of the molecule is O=C1C(c2cccs2)=CC=C1c1cccs1. The van der Waals surface area contributed by atoms with Crippen LogP contribution in [-0.2, 0) is 4.79 Å². The van der Waals surface area contributed by atoms with Gasteiger partial charge >= 0.3 is 0 Å². The van der Waals surface area contributed by atoms with E-state index < -0.39 is 0 Å². The van der Waals surface area contributed by atoms with E-state index in [1.165, 1.54) is 0 Å². The molecule has 0 saturated carbocycles. The van der Waals surface area contributed by atoms with Gasteiger partial charge in [-0.05, 0) is 35.0 Å². The average molecular weight is 244 g/mol. The number of Topliss-reactive ketones (excluding diaryl/α,β-unsaturated/α-hetero) is 1. The van der Waals surface area contributed by atoms with E-state index in [1.54, 1.807) is 22.7 Å². The fourth-order valence-electron chi connectivity index (χ4n) is 1.71. The van der Waals surface area contributed by atoms with E-state index in [0.29, 0.717) is 0 Å². The molecule has 0 unspecified atom stereocenters. The van der Waals surface area contributed by atoms with Gasteiger partial charge < -0.3 is 0 Å². The molecule has 0 aliphatic heterocycles. The molecule has 16 heavy (non-hydrogen) atoms. The average Bonchev–Trinajstić information content (AvgIpc) is 2.96. The van der Waals surface area contributed by atoms with Crippen molar-refractivity contribution in [1.29, 1.82) is 0 Å². The molecule has 2 heterocycles. The summed E-state index contributed by atoms with van der Waals surface area (Å²) in [6.45, 7) is 0. The predicted octanol–water partition coefficient (Wildman–Crippen LogP) is 3.86. The van der Waals surface area contributed by atoms with E-state index in [4.69, 9.17) is 0 Å². The highest BCUT2D eigenvalue weighted by atomic mass is 32.1. The first-order valence-electron chi connectivity index (χ1n) is 4.91. The van der Waals surface area contributed by atoms with Gasteiger partial charge in [0.15, 0.2) is 5.78 Å². The summed E-state index contributed by atoms with van der Waals surface area (Å²) in [6.07, 6.45) is 3.84. The second-order valence-corrected chi connectivity index (χ2v) is 5.34. The normalized spacial score (nSPS) is 15.1. The zero-order valence-electron chi connectivity index (χ0n) is 8.34. The lowest BCUT2D eigenvalue weighted by Gasteiger charge is -1.99. The van der Waals surface area contributed by atoms with Gasteiger partial charge in [0.2, 0.25) is 0 Å². The van der Waals surface area contributed by atoms with Crippen LogP contribution in [0, 0.1) is 0 Å². The minimum absolute atomic E-state index is 0.143. The van der Waals surface area contributed by atoms with E-state index >= 15 is 0 Å². The molecule has 1 aliphatic carbocycles. The van der Waals surface area contributed by atoms with Crippen molar-refractivity contribution in [3.63, 3.8) is 0 Å². The molecule has 0 N–H and O–H groups in total. The van der Waals surface area contributed by atoms with Gasteiger partial charge in [-0.25, -0.2) is 0 Å². The zero-order chi connectivity index (χ0) is 11.0. The zero-order valence-corrected chi connectivity index (χ0v) is 9.98. The first kappa shape index (κ1) is 9.75. The Bertz CT molecular complexity index is 519. The second kappa shape index (κ2) is 3.85. The molecule has 3 heteroatoms. The van der Waals surface area contributed by atoms with Gasteiger partial charge in [0.05, 0.1) is 0 Å². The number of rotatable bonds is 2. The van der Waals surface area contributed by atoms with Gasteiger partial charge in [-0.1, -0.05) is 12.1 Å². The largest absolute Gasteiger partial charge is 0.289 e. The van der Waals surface area contributed by atoms with E-state index in [-0.39, 0.29) is 5.78 Å². The van der Waals surface area contributed by atoms with Gasteiger partial charge in [0.25, 0.3) is 0 Å². The lowest BCUT2D eigenvalue weighted by molar-refractivity contribution is -0.108. The Kier molecular flexibility index (Phi) is 2.35. The summed E-state index contributed by atoms with van der Waals surface area (Å²) in [5.41, 5.74) is 1.64. The first-order chi connectivity index (χ1) is 7.86. The van der Waals surface area contributed by atoms with Crippen LogP contribution in [0.4, 0.5) is 0 Å². The number of thiophene rings is 2. The highest BCUT2D eigenvalue weighted by molar-refractivity contribution is 7.12. The molecule has 0 radical (unpaired) electrons. The van der Waals surface area contributed by atoms with Crippen LogP contribution in [0.1, 0.15) is 9.75 Å². The number of carbonyl (C=O) groups excluding carboxylic acids is 1. The molecule has 2 aromatic rings. The summed E-state index contributed by atoms with van der Waals surface area (Å²) in [6, 6.07) is 7.91. The summed E-state index contributed by atoms with van der Waals surface area (Å²) < 4.78 is 0. The fourth-order valence-corrected chi connectivity index (χ4v) is 3.21. The van der Waals surface area contributed by atoms with Crippen LogP contribution in [0.15, 0.2) is 47.2 Å². The molecule has 0 saturated heterocycles. The second-order valence-electron chi connectivity index (χ2n) is 3.44. The van der Waals surface area contributed by atoms with E-state index in [1.807, 2.05) is 47.2 Å². The van der Waals surface area contributed by atoms with Gasteiger partial charge in [-0.3, -0.25) is 4.79 Å². The standard InChI is InChI=1S/C13H8OS2/c14-13-9(11-3-1-7-15-11)5-6-10(13)12-4-2-8-16-12/h1-8H. The van der Waals surface area contributed by atoms with Crippen LogP contribution in [0.2, 0.25) is 0 Å². The number of ketones is 1. The van der Waals surface area contributed by atoms with Gasteiger partial charge in [-0.15, -0.1) is 22.7 Å². The molecule has 1 nitrogen and oxygen atoms in total. The van der Waals surface area contributed by atoms with E-state index in [0.717, 1.165) is 20.9 Å². The third kappa shape index (κ3) is 1.49. The Hall–Kier alpha value is -1.45. The van der Waals surface area contributed by atoms with Crippen LogP contribution in [0.25, 0.3) is 11.1 Å². The number of hydrogen-bond acceptors (Lipinski definition) is 3. The minimum atomic E-state index is 0.143. The van der Waals surface area contributed by atoms with Gasteiger partial charge in [0, 0.05) is 20.9 Å². The predicted molar refractivity (Wildman–Crippen MR) is 69.6 cm³/mol. The van der Waals surface area contributed by atoms with Crippen LogP contribution < -0.4 is 0 Å². The fraction of sp³-hybridized carbons (Fsp3) is 0. The van der Waals surface area contributed by atoms with Crippen molar-refractivity contribution >= 4 is 39.6 Å². The molecule has 78 valence electrons. The molecular weight excluding hydrogens is 236 g/mol. The lowest BCUT2D eigenvalue weighted by atomic mass is 10.1. The maximum atomic E-state index is 12.2. The van der Waals surface area contributed by atoms with Crippen molar-refractivity contribution in [2.45, 2.75) is 0 Å². The van der Waals surface area contributed by atoms with Crippen LogP contribution in [-0.4, -0.2) is 5.78 Å². The summed E-state index contributed by atoms with van der Waals surface area (Å²) in [5.74, 6) is 0.143. The van der Waals surface area contributed by atoms with Crippen LogP contribution in [0.3, 0.4) is 0 Å². The molecule has 0 atom stereocenters. The molecule has 3 rings (SSSR count). The lowest BCUT2D eigenvalue weighted by Crippen LogP contribution is -1.97. The summed E-state index contributed by atoms with van der Waals surface area (Å²) in [7, 11) is 0. The Labute approximate surface area is 101 Å². The van der Waals surface area contributed by atoms with E-state index in [9.17, 15) is 4.79 Å². The Balaban J connectivity index is 1.94. The summed E-state index contributed by atoms with van der Waals surface area (Å²) >= 11 is 3.21. The smallest absolute Gasteiger partial charge is 0.195 e. The molecular formula is C13H8OS2.